The first-order valence-corrected chi connectivity index (χ1v) is 6.52. The molecule has 0 aliphatic heterocycles. The maximum Gasteiger partial charge on any atom is 0.408 e. The number of carbonyl (C=O) groups is 2. The zero-order chi connectivity index (χ0) is 15.3. The van der Waals surface area contributed by atoms with Crippen LogP contribution in [0.25, 0.3) is 0 Å². The number of nitrogens with zero attached hydrogens (tertiary/aromatic N) is 1. The molecular formula is C12H19F3N2O3. The number of halogens is 3. The van der Waals surface area contributed by atoms with Crippen molar-refractivity contribution in [3.63, 3.8) is 0 Å². The van der Waals surface area contributed by atoms with Gasteiger partial charge in [0.2, 0.25) is 0 Å². The molecule has 1 unspecified atom stereocenters. The van der Waals surface area contributed by atoms with Gasteiger partial charge in [0, 0.05) is 13.6 Å². The Morgan fingerprint density at radius 1 is 1.35 bits per heavy atom. The van der Waals surface area contributed by atoms with Crippen LogP contribution in [0.2, 0.25) is 0 Å². The molecule has 0 radical (unpaired) electrons. The summed E-state index contributed by atoms with van der Waals surface area (Å²) in [4.78, 5) is 23.0. The van der Waals surface area contributed by atoms with E-state index >= 15 is 0 Å². The van der Waals surface area contributed by atoms with Crippen LogP contribution in [0, 0.1) is 5.92 Å². The van der Waals surface area contributed by atoms with Crippen LogP contribution in [0.1, 0.15) is 32.1 Å². The standard InChI is InChI=1S/C12H19F3N2O3/c1-17(7-6-9(18)19)11(20)16-10(12(13,14)15)8-4-2-3-5-8/h8,10H,2-7H2,1H3,(H,16,20)(H,18,19). The molecular weight excluding hydrogens is 277 g/mol. The summed E-state index contributed by atoms with van der Waals surface area (Å²) in [6.45, 7) is -0.129. The molecule has 1 aliphatic rings. The molecule has 0 aromatic rings. The number of alkyl halides is 3. The first kappa shape index (κ1) is 16.6. The summed E-state index contributed by atoms with van der Waals surface area (Å²) in [6.07, 6.45) is -2.42. The lowest BCUT2D eigenvalue weighted by Gasteiger charge is -2.29. The average Bonchev–Trinajstić information content (AvgIpc) is 2.84. The van der Waals surface area contributed by atoms with E-state index in [0.717, 1.165) is 17.7 Å². The average molecular weight is 296 g/mol. The minimum absolute atomic E-state index is 0.129. The molecule has 1 saturated carbocycles. The third kappa shape index (κ3) is 4.90. The van der Waals surface area contributed by atoms with Crippen molar-refractivity contribution < 1.29 is 27.9 Å². The van der Waals surface area contributed by atoms with Crippen molar-refractivity contribution in [2.24, 2.45) is 5.92 Å². The number of aliphatic carboxylic acids is 1. The second-order valence-electron chi connectivity index (χ2n) is 5.08. The summed E-state index contributed by atoms with van der Waals surface area (Å²) in [6, 6.07) is -2.75. The Bertz CT molecular complexity index is 354. The van der Waals surface area contributed by atoms with E-state index in [0.29, 0.717) is 12.8 Å². The van der Waals surface area contributed by atoms with Gasteiger partial charge in [0.05, 0.1) is 6.42 Å². The summed E-state index contributed by atoms with van der Waals surface area (Å²) in [5.74, 6) is -1.69. The fraction of sp³-hybridized carbons (Fsp3) is 0.833. The van der Waals surface area contributed by atoms with Crippen molar-refractivity contribution in [2.45, 2.75) is 44.3 Å². The Morgan fingerprint density at radius 3 is 2.35 bits per heavy atom. The zero-order valence-electron chi connectivity index (χ0n) is 11.2. The normalized spacial score (nSPS) is 17.8. The predicted octanol–water partition coefficient (Wildman–Crippen LogP) is 2.22. The second-order valence-corrected chi connectivity index (χ2v) is 5.08. The lowest BCUT2D eigenvalue weighted by molar-refractivity contribution is -0.165. The quantitative estimate of drug-likeness (QED) is 0.817. The SMILES string of the molecule is CN(CCC(=O)O)C(=O)NC(C1CCCC1)C(F)(F)F. The van der Waals surface area contributed by atoms with E-state index in [9.17, 15) is 22.8 Å². The monoisotopic (exact) mass is 296 g/mol. The van der Waals surface area contributed by atoms with Crippen LogP contribution in [0.5, 0.6) is 0 Å². The van der Waals surface area contributed by atoms with Gasteiger partial charge in [-0.3, -0.25) is 4.79 Å². The van der Waals surface area contributed by atoms with Crippen LogP contribution in [-0.2, 0) is 4.79 Å². The first-order chi connectivity index (χ1) is 9.21. The molecule has 8 heteroatoms. The zero-order valence-corrected chi connectivity index (χ0v) is 11.2. The predicted molar refractivity (Wildman–Crippen MR) is 65.2 cm³/mol. The van der Waals surface area contributed by atoms with Crippen molar-refractivity contribution in [3.8, 4) is 0 Å². The number of carbonyl (C=O) groups excluding carboxylic acids is 1. The first-order valence-electron chi connectivity index (χ1n) is 6.52. The van der Waals surface area contributed by atoms with Gasteiger partial charge in [0.1, 0.15) is 6.04 Å². The van der Waals surface area contributed by atoms with Crippen LogP contribution in [0.4, 0.5) is 18.0 Å². The summed E-state index contributed by atoms with van der Waals surface area (Å²) in [7, 11) is 1.28. The highest BCUT2D eigenvalue weighted by atomic mass is 19.4. The molecule has 116 valence electrons. The smallest absolute Gasteiger partial charge is 0.408 e. The fourth-order valence-corrected chi connectivity index (χ4v) is 2.37. The van der Waals surface area contributed by atoms with E-state index < -0.39 is 30.1 Å². The molecule has 1 fully saturated rings. The van der Waals surface area contributed by atoms with Crippen LogP contribution >= 0.6 is 0 Å². The van der Waals surface area contributed by atoms with Gasteiger partial charge in [-0.05, 0) is 18.8 Å². The van der Waals surface area contributed by atoms with Crippen molar-refractivity contribution in [2.75, 3.05) is 13.6 Å². The summed E-state index contributed by atoms with van der Waals surface area (Å²) in [5.41, 5.74) is 0. The molecule has 0 heterocycles. The van der Waals surface area contributed by atoms with Gasteiger partial charge in [-0.25, -0.2) is 4.79 Å². The third-order valence-electron chi connectivity index (χ3n) is 3.51. The Hall–Kier alpha value is -1.47. The number of amides is 2. The lowest BCUT2D eigenvalue weighted by Crippen LogP contribution is -2.53. The number of urea groups is 1. The summed E-state index contributed by atoms with van der Waals surface area (Å²) < 4.78 is 38.9. The molecule has 0 saturated heterocycles. The van der Waals surface area contributed by atoms with E-state index in [1.807, 2.05) is 5.32 Å². The van der Waals surface area contributed by atoms with Gasteiger partial charge >= 0.3 is 18.2 Å². The Morgan fingerprint density at radius 2 is 1.90 bits per heavy atom. The number of carboxylic acids is 1. The molecule has 5 nitrogen and oxygen atoms in total. The number of hydrogen-bond donors (Lipinski definition) is 2. The maximum absolute atomic E-state index is 13.0. The molecule has 1 aliphatic carbocycles. The molecule has 0 bridgehead atoms. The van der Waals surface area contributed by atoms with Gasteiger partial charge < -0.3 is 15.3 Å². The van der Waals surface area contributed by atoms with Gasteiger partial charge in [-0.2, -0.15) is 13.2 Å². The van der Waals surface area contributed by atoms with Crippen LogP contribution in [-0.4, -0.2) is 47.8 Å². The number of rotatable bonds is 5. The van der Waals surface area contributed by atoms with Gasteiger partial charge in [-0.1, -0.05) is 12.8 Å². The van der Waals surface area contributed by atoms with Crippen LogP contribution in [0.3, 0.4) is 0 Å². The molecule has 20 heavy (non-hydrogen) atoms. The summed E-state index contributed by atoms with van der Waals surface area (Å²) >= 11 is 0. The third-order valence-corrected chi connectivity index (χ3v) is 3.51. The van der Waals surface area contributed by atoms with E-state index in [2.05, 4.69) is 0 Å². The van der Waals surface area contributed by atoms with Gasteiger partial charge in [0.25, 0.3) is 0 Å². The molecule has 0 aromatic heterocycles. The van der Waals surface area contributed by atoms with Gasteiger partial charge in [0.15, 0.2) is 0 Å². The van der Waals surface area contributed by atoms with Crippen LogP contribution < -0.4 is 5.32 Å². The number of carboxylic acid groups (broad SMARTS) is 1. The van der Waals surface area contributed by atoms with E-state index in [-0.39, 0.29) is 13.0 Å². The Kier molecular flexibility index (Phi) is 5.64. The molecule has 2 N–H and O–H groups in total. The number of hydrogen-bond acceptors (Lipinski definition) is 2. The Labute approximate surface area is 115 Å². The van der Waals surface area contributed by atoms with Crippen molar-refractivity contribution in [1.82, 2.24) is 10.2 Å². The molecule has 1 rings (SSSR count). The second kappa shape index (κ2) is 6.81. The highest BCUT2D eigenvalue weighted by Gasteiger charge is 2.46. The minimum Gasteiger partial charge on any atom is -0.481 e. The molecule has 0 spiro atoms. The van der Waals surface area contributed by atoms with Gasteiger partial charge in [-0.15, -0.1) is 0 Å². The maximum atomic E-state index is 13.0. The van der Waals surface area contributed by atoms with Crippen molar-refractivity contribution in [3.05, 3.63) is 0 Å². The lowest BCUT2D eigenvalue weighted by atomic mass is 9.98. The molecule has 2 amide bonds. The minimum atomic E-state index is -4.49. The molecule has 1 atom stereocenters. The van der Waals surface area contributed by atoms with Crippen molar-refractivity contribution in [1.29, 1.82) is 0 Å². The van der Waals surface area contributed by atoms with Crippen molar-refractivity contribution >= 4 is 12.0 Å². The van der Waals surface area contributed by atoms with Crippen LogP contribution in [0.15, 0.2) is 0 Å². The van der Waals surface area contributed by atoms with E-state index in [1.165, 1.54) is 7.05 Å². The van der Waals surface area contributed by atoms with E-state index in [4.69, 9.17) is 5.11 Å². The highest BCUT2D eigenvalue weighted by Crippen LogP contribution is 2.35. The number of nitrogens with one attached hydrogen (secondary N) is 1. The highest BCUT2D eigenvalue weighted by molar-refractivity contribution is 5.75. The molecule has 0 aromatic carbocycles. The Balaban J connectivity index is 2.60. The summed E-state index contributed by atoms with van der Waals surface area (Å²) in [5, 5.41) is 10.5. The topological polar surface area (TPSA) is 69.6 Å². The largest absolute Gasteiger partial charge is 0.481 e. The fourth-order valence-electron chi connectivity index (χ4n) is 2.37. The van der Waals surface area contributed by atoms with E-state index in [1.54, 1.807) is 0 Å².